The highest BCUT2D eigenvalue weighted by Gasteiger charge is 2.10. The predicted molar refractivity (Wildman–Crippen MR) is 70.8 cm³/mol. The van der Waals surface area contributed by atoms with Gasteiger partial charge >= 0.3 is 0 Å². The average Bonchev–Trinajstić information content (AvgIpc) is 2.21. The van der Waals surface area contributed by atoms with Crippen LogP contribution in [0.2, 0.25) is 0 Å². The van der Waals surface area contributed by atoms with Crippen LogP contribution in [0.25, 0.3) is 11.4 Å². The van der Waals surface area contributed by atoms with Crippen LogP contribution in [0.4, 0.5) is 5.82 Å². The van der Waals surface area contributed by atoms with Crippen molar-refractivity contribution < 1.29 is 0 Å². The Balaban J connectivity index is 2.64. The highest BCUT2D eigenvalue weighted by atomic mass is 14.9. The maximum atomic E-state index is 5.84. The quantitative estimate of drug-likeness (QED) is 0.814. The number of hydrogen-bond acceptors (Lipinski definition) is 3. The van der Waals surface area contributed by atoms with Crippen LogP contribution in [0.3, 0.4) is 0 Å². The van der Waals surface area contributed by atoms with Crippen LogP contribution in [0.1, 0.15) is 22.3 Å². The van der Waals surface area contributed by atoms with Crippen molar-refractivity contribution in [1.29, 1.82) is 0 Å². The standard InChI is InChI=1S/C14H17N3/c1-8-5-9(2)12(10(3)6-8)14-16-7-11(4)13(15)17-14/h5-7H,1-4H3,(H2,15,16,17). The van der Waals surface area contributed by atoms with Crippen LogP contribution in [-0.2, 0) is 0 Å². The molecule has 0 aliphatic rings. The Labute approximate surface area is 102 Å². The van der Waals surface area contributed by atoms with E-state index in [0.29, 0.717) is 11.6 Å². The molecular formula is C14H17N3. The van der Waals surface area contributed by atoms with Gasteiger partial charge in [-0.2, -0.15) is 0 Å². The summed E-state index contributed by atoms with van der Waals surface area (Å²) in [6.45, 7) is 8.16. The normalized spacial score (nSPS) is 10.6. The molecule has 0 atom stereocenters. The van der Waals surface area contributed by atoms with Crippen LogP contribution in [0, 0.1) is 27.7 Å². The first-order chi connectivity index (χ1) is 7.99. The molecular weight excluding hydrogens is 210 g/mol. The van der Waals surface area contributed by atoms with E-state index in [2.05, 4.69) is 42.9 Å². The summed E-state index contributed by atoms with van der Waals surface area (Å²) in [6.07, 6.45) is 1.77. The third kappa shape index (κ3) is 2.13. The first-order valence-corrected chi connectivity index (χ1v) is 5.66. The third-order valence-electron chi connectivity index (χ3n) is 2.91. The van der Waals surface area contributed by atoms with E-state index < -0.39 is 0 Å². The lowest BCUT2D eigenvalue weighted by Crippen LogP contribution is -2.00. The van der Waals surface area contributed by atoms with Gasteiger partial charge in [0, 0.05) is 17.3 Å². The molecule has 0 saturated heterocycles. The van der Waals surface area contributed by atoms with Gasteiger partial charge in [-0.25, -0.2) is 9.97 Å². The number of nitrogen functional groups attached to an aromatic ring is 1. The molecule has 3 nitrogen and oxygen atoms in total. The Morgan fingerprint density at radius 2 is 1.53 bits per heavy atom. The van der Waals surface area contributed by atoms with Crippen molar-refractivity contribution in [1.82, 2.24) is 9.97 Å². The van der Waals surface area contributed by atoms with E-state index in [9.17, 15) is 0 Å². The first-order valence-electron chi connectivity index (χ1n) is 5.66. The zero-order valence-electron chi connectivity index (χ0n) is 10.7. The Morgan fingerprint density at radius 3 is 2.06 bits per heavy atom. The van der Waals surface area contributed by atoms with Gasteiger partial charge in [-0.05, 0) is 38.8 Å². The summed E-state index contributed by atoms with van der Waals surface area (Å²) in [5, 5.41) is 0. The largest absolute Gasteiger partial charge is 0.383 e. The van der Waals surface area contributed by atoms with Gasteiger partial charge in [-0.3, -0.25) is 0 Å². The number of hydrogen-bond donors (Lipinski definition) is 1. The minimum Gasteiger partial charge on any atom is -0.383 e. The summed E-state index contributed by atoms with van der Waals surface area (Å²) in [5.41, 5.74) is 11.5. The fourth-order valence-electron chi connectivity index (χ4n) is 2.11. The molecule has 0 bridgehead atoms. The lowest BCUT2D eigenvalue weighted by atomic mass is 9.99. The van der Waals surface area contributed by atoms with Gasteiger partial charge in [-0.15, -0.1) is 0 Å². The van der Waals surface area contributed by atoms with Crippen molar-refractivity contribution in [2.75, 3.05) is 5.73 Å². The smallest absolute Gasteiger partial charge is 0.162 e. The second-order valence-corrected chi connectivity index (χ2v) is 4.54. The number of aryl methyl sites for hydroxylation is 4. The Bertz CT molecular complexity index is 551. The lowest BCUT2D eigenvalue weighted by molar-refractivity contribution is 1.13. The number of nitrogens with zero attached hydrogens (tertiary/aromatic N) is 2. The second kappa shape index (κ2) is 4.17. The van der Waals surface area contributed by atoms with Crippen LogP contribution < -0.4 is 5.73 Å². The molecule has 1 aromatic heterocycles. The van der Waals surface area contributed by atoms with E-state index in [1.54, 1.807) is 6.20 Å². The zero-order valence-corrected chi connectivity index (χ0v) is 10.7. The van der Waals surface area contributed by atoms with Crippen LogP contribution in [0.5, 0.6) is 0 Å². The van der Waals surface area contributed by atoms with Crippen molar-refractivity contribution in [3.05, 3.63) is 40.6 Å². The van der Waals surface area contributed by atoms with Gasteiger partial charge in [0.2, 0.25) is 0 Å². The number of nitrogens with two attached hydrogens (primary N) is 1. The molecule has 2 rings (SSSR count). The molecule has 1 aromatic carbocycles. The molecule has 17 heavy (non-hydrogen) atoms. The summed E-state index contributed by atoms with van der Waals surface area (Å²) in [7, 11) is 0. The van der Waals surface area contributed by atoms with E-state index in [1.807, 2.05) is 6.92 Å². The van der Waals surface area contributed by atoms with Crippen LogP contribution in [0.15, 0.2) is 18.3 Å². The maximum absolute atomic E-state index is 5.84. The fourth-order valence-corrected chi connectivity index (χ4v) is 2.11. The highest BCUT2D eigenvalue weighted by Crippen LogP contribution is 2.26. The molecule has 0 aliphatic heterocycles. The number of rotatable bonds is 1. The summed E-state index contributed by atoms with van der Waals surface area (Å²) in [4.78, 5) is 8.73. The van der Waals surface area contributed by atoms with E-state index in [1.165, 1.54) is 16.7 Å². The van der Waals surface area contributed by atoms with Gasteiger partial charge in [0.25, 0.3) is 0 Å². The Kier molecular flexibility index (Phi) is 2.84. The van der Waals surface area contributed by atoms with Gasteiger partial charge in [0.05, 0.1) is 0 Å². The molecule has 0 saturated carbocycles. The third-order valence-corrected chi connectivity index (χ3v) is 2.91. The van der Waals surface area contributed by atoms with Crippen LogP contribution in [-0.4, -0.2) is 9.97 Å². The second-order valence-electron chi connectivity index (χ2n) is 4.54. The molecule has 0 spiro atoms. The van der Waals surface area contributed by atoms with E-state index in [4.69, 9.17) is 5.73 Å². The lowest BCUT2D eigenvalue weighted by Gasteiger charge is -2.10. The summed E-state index contributed by atoms with van der Waals surface area (Å²) < 4.78 is 0. The zero-order chi connectivity index (χ0) is 12.6. The predicted octanol–water partition coefficient (Wildman–Crippen LogP) is 2.96. The molecule has 0 radical (unpaired) electrons. The first kappa shape index (κ1) is 11.6. The van der Waals surface area contributed by atoms with E-state index in [-0.39, 0.29) is 0 Å². The Hall–Kier alpha value is -1.90. The fraction of sp³-hybridized carbons (Fsp3) is 0.286. The Morgan fingerprint density at radius 1 is 0.941 bits per heavy atom. The van der Waals surface area contributed by atoms with Crippen molar-refractivity contribution in [3.8, 4) is 11.4 Å². The molecule has 3 heteroatoms. The monoisotopic (exact) mass is 227 g/mol. The van der Waals surface area contributed by atoms with Gasteiger partial charge in [0.15, 0.2) is 5.82 Å². The van der Waals surface area contributed by atoms with Gasteiger partial charge < -0.3 is 5.73 Å². The molecule has 2 N–H and O–H groups in total. The molecule has 0 aliphatic carbocycles. The molecule has 0 fully saturated rings. The molecule has 2 aromatic rings. The van der Waals surface area contributed by atoms with Crippen molar-refractivity contribution in [2.24, 2.45) is 0 Å². The van der Waals surface area contributed by atoms with E-state index in [0.717, 1.165) is 11.1 Å². The van der Waals surface area contributed by atoms with Crippen LogP contribution >= 0.6 is 0 Å². The minimum absolute atomic E-state index is 0.550. The van der Waals surface area contributed by atoms with Crippen molar-refractivity contribution in [2.45, 2.75) is 27.7 Å². The molecule has 1 heterocycles. The maximum Gasteiger partial charge on any atom is 0.162 e. The van der Waals surface area contributed by atoms with Gasteiger partial charge in [-0.1, -0.05) is 17.7 Å². The highest BCUT2D eigenvalue weighted by molar-refractivity contribution is 5.66. The molecule has 0 unspecified atom stereocenters. The SMILES string of the molecule is Cc1cc(C)c(-c2ncc(C)c(N)n2)c(C)c1. The van der Waals surface area contributed by atoms with Gasteiger partial charge in [0.1, 0.15) is 5.82 Å². The molecule has 0 amide bonds. The topological polar surface area (TPSA) is 51.8 Å². The summed E-state index contributed by atoms with van der Waals surface area (Å²) >= 11 is 0. The van der Waals surface area contributed by atoms with Crippen molar-refractivity contribution >= 4 is 5.82 Å². The summed E-state index contributed by atoms with van der Waals surface area (Å²) in [6, 6.07) is 4.28. The average molecular weight is 227 g/mol. The number of aromatic nitrogens is 2. The van der Waals surface area contributed by atoms with Crippen molar-refractivity contribution in [3.63, 3.8) is 0 Å². The summed E-state index contributed by atoms with van der Waals surface area (Å²) in [5.74, 6) is 1.26. The number of benzene rings is 1. The minimum atomic E-state index is 0.550. The molecule has 88 valence electrons. The van der Waals surface area contributed by atoms with E-state index >= 15 is 0 Å². The number of anilines is 1.